The van der Waals surface area contributed by atoms with Crippen molar-refractivity contribution in [1.29, 1.82) is 0 Å². The molecule has 0 radical (unpaired) electrons. The molecule has 5 nitrogen and oxygen atoms in total. The Morgan fingerprint density at radius 3 is 2.43 bits per heavy atom. The normalized spacial score (nSPS) is 16.9. The van der Waals surface area contributed by atoms with Crippen LogP contribution in [0.25, 0.3) is 0 Å². The number of rotatable bonds is 8. The number of aromatic nitrogens is 2. The molecule has 1 aliphatic heterocycles. The molecule has 0 aromatic carbocycles. The molecule has 1 aliphatic rings. The van der Waals surface area contributed by atoms with Crippen LogP contribution in [0.4, 0.5) is 11.6 Å². The number of anilines is 2. The summed E-state index contributed by atoms with van der Waals surface area (Å²) in [6.07, 6.45) is 6.36. The third-order valence-corrected chi connectivity index (χ3v) is 4.17. The molecule has 1 fully saturated rings. The van der Waals surface area contributed by atoms with Gasteiger partial charge in [0.1, 0.15) is 18.0 Å². The summed E-state index contributed by atoms with van der Waals surface area (Å²) in [7, 11) is 0. The summed E-state index contributed by atoms with van der Waals surface area (Å²) in [5.41, 5.74) is 1.19. The maximum Gasteiger partial charge on any atom is 0.134 e. The van der Waals surface area contributed by atoms with Crippen LogP contribution < -0.4 is 10.6 Å². The van der Waals surface area contributed by atoms with E-state index in [1.54, 1.807) is 6.33 Å². The number of hydrogen-bond acceptors (Lipinski definition) is 5. The van der Waals surface area contributed by atoms with Crippen LogP contribution in [0, 0.1) is 0 Å². The number of nitrogens with zero attached hydrogens (tertiary/aromatic N) is 3. The highest BCUT2D eigenvalue weighted by atomic mass is 15.2. The lowest BCUT2D eigenvalue weighted by Gasteiger charge is -2.24. The van der Waals surface area contributed by atoms with Crippen LogP contribution in [0.15, 0.2) is 6.33 Å². The number of nitrogens with one attached hydrogen (secondary N) is 2. The van der Waals surface area contributed by atoms with Gasteiger partial charge in [-0.15, -0.1) is 0 Å². The minimum Gasteiger partial charge on any atom is -0.370 e. The lowest BCUT2D eigenvalue weighted by Crippen LogP contribution is -2.35. The maximum absolute atomic E-state index is 4.44. The van der Waals surface area contributed by atoms with E-state index < -0.39 is 0 Å². The van der Waals surface area contributed by atoms with Crippen LogP contribution in [0.5, 0.6) is 0 Å². The van der Waals surface area contributed by atoms with Gasteiger partial charge >= 0.3 is 0 Å². The standard InChI is InChI=1S/C16H29N5/c1-4-8-17-15-14(5-2)16(20-12-19-15)18-11-13(3)21-9-6-7-10-21/h12-13H,4-11H2,1-3H3,(H2,17,18,19,20). The molecule has 2 N–H and O–H groups in total. The van der Waals surface area contributed by atoms with Crippen LogP contribution in [-0.4, -0.2) is 47.1 Å². The Balaban J connectivity index is 1.98. The van der Waals surface area contributed by atoms with E-state index in [1.165, 1.54) is 31.5 Å². The molecule has 0 amide bonds. The summed E-state index contributed by atoms with van der Waals surface area (Å²) in [6.45, 7) is 11.0. The van der Waals surface area contributed by atoms with Crippen LogP contribution in [0.2, 0.25) is 0 Å². The van der Waals surface area contributed by atoms with Crippen molar-refractivity contribution in [2.75, 3.05) is 36.8 Å². The molecule has 2 heterocycles. The topological polar surface area (TPSA) is 53.1 Å². The molecule has 0 aliphatic carbocycles. The van der Waals surface area contributed by atoms with Gasteiger partial charge in [-0.2, -0.15) is 0 Å². The van der Waals surface area contributed by atoms with Gasteiger partial charge in [0.25, 0.3) is 0 Å². The van der Waals surface area contributed by atoms with Gasteiger partial charge in [-0.3, -0.25) is 4.90 Å². The average molecular weight is 291 g/mol. The van der Waals surface area contributed by atoms with E-state index in [2.05, 4.69) is 46.3 Å². The highest BCUT2D eigenvalue weighted by molar-refractivity contribution is 5.57. The first kappa shape index (κ1) is 16.0. The summed E-state index contributed by atoms with van der Waals surface area (Å²) >= 11 is 0. The van der Waals surface area contributed by atoms with Crippen LogP contribution in [-0.2, 0) is 6.42 Å². The third kappa shape index (κ3) is 4.30. The second-order valence-corrected chi connectivity index (χ2v) is 5.80. The lowest BCUT2D eigenvalue weighted by atomic mass is 10.2. The zero-order chi connectivity index (χ0) is 15.1. The van der Waals surface area contributed by atoms with Crippen LogP contribution >= 0.6 is 0 Å². The fourth-order valence-electron chi connectivity index (χ4n) is 2.85. The largest absolute Gasteiger partial charge is 0.370 e. The number of likely N-dealkylation sites (tertiary alicyclic amines) is 1. The summed E-state index contributed by atoms with van der Waals surface area (Å²) in [5, 5.41) is 6.92. The second-order valence-electron chi connectivity index (χ2n) is 5.80. The first-order chi connectivity index (χ1) is 10.3. The Hall–Kier alpha value is -1.36. The average Bonchev–Trinajstić information content (AvgIpc) is 3.04. The van der Waals surface area contributed by atoms with Gasteiger partial charge in [-0.05, 0) is 45.7 Å². The minimum absolute atomic E-state index is 0.555. The minimum atomic E-state index is 0.555. The Morgan fingerprint density at radius 1 is 1.14 bits per heavy atom. The zero-order valence-electron chi connectivity index (χ0n) is 13.7. The SMILES string of the molecule is CCCNc1ncnc(NCC(C)N2CCCC2)c1CC. The van der Waals surface area contributed by atoms with Gasteiger partial charge in [0.05, 0.1) is 0 Å². The van der Waals surface area contributed by atoms with E-state index in [-0.39, 0.29) is 0 Å². The van der Waals surface area contributed by atoms with Crippen molar-refractivity contribution < 1.29 is 0 Å². The van der Waals surface area contributed by atoms with Crippen LogP contribution in [0.1, 0.15) is 45.6 Å². The van der Waals surface area contributed by atoms with Crippen LogP contribution in [0.3, 0.4) is 0 Å². The van der Waals surface area contributed by atoms with Gasteiger partial charge in [-0.1, -0.05) is 13.8 Å². The van der Waals surface area contributed by atoms with E-state index in [4.69, 9.17) is 0 Å². The summed E-state index contributed by atoms with van der Waals surface area (Å²) in [4.78, 5) is 11.4. The van der Waals surface area contributed by atoms with Crippen molar-refractivity contribution in [1.82, 2.24) is 14.9 Å². The van der Waals surface area contributed by atoms with Crippen molar-refractivity contribution in [3.8, 4) is 0 Å². The predicted octanol–water partition coefficient (Wildman–Crippen LogP) is 2.76. The van der Waals surface area contributed by atoms with E-state index in [9.17, 15) is 0 Å². The van der Waals surface area contributed by atoms with Gasteiger partial charge in [-0.25, -0.2) is 9.97 Å². The fraction of sp³-hybridized carbons (Fsp3) is 0.750. The van der Waals surface area contributed by atoms with Crippen molar-refractivity contribution in [2.24, 2.45) is 0 Å². The molecule has 1 unspecified atom stereocenters. The van der Waals surface area contributed by atoms with Crippen molar-refractivity contribution >= 4 is 11.6 Å². The Morgan fingerprint density at radius 2 is 1.81 bits per heavy atom. The molecule has 2 rings (SSSR count). The smallest absolute Gasteiger partial charge is 0.134 e. The third-order valence-electron chi connectivity index (χ3n) is 4.17. The molecule has 0 spiro atoms. The van der Waals surface area contributed by atoms with E-state index in [1.807, 2.05) is 0 Å². The first-order valence-electron chi connectivity index (χ1n) is 8.31. The number of hydrogen-bond donors (Lipinski definition) is 2. The predicted molar refractivity (Wildman–Crippen MR) is 88.9 cm³/mol. The summed E-state index contributed by atoms with van der Waals surface area (Å²) in [5.74, 6) is 1.96. The summed E-state index contributed by atoms with van der Waals surface area (Å²) in [6, 6.07) is 0.555. The Labute approximate surface area is 128 Å². The van der Waals surface area contributed by atoms with Gasteiger partial charge in [0.2, 0.25) is 0 Å². The van der Waals surface area contributed by atoms with Gasteiger partial charge < -0.3 is 10.6 Å². The highest BCUT2D eigenvalue weighted by Gasteiger charge is 2.18. The molecule has 1 aromatic heterocycles. The molecular formula is C16H29N5. The van der Waals surface area contributed by atoms with Crippen molar-refractivity contribution in [3.05, 3.63) is 11.9 Å². The molecule has 1 saturated heterocycles. The Kier molecular flexibility index (Phi) is 6.23. The first-order valence-corrected chi connectivity index (χ1v) is 8.31. The van der Waals surface area contributed by atoms with Gasteiger partial charge in [0, 0.05) is 24.7 Å². The molecule has 21 heavy (non-hydrogen) atoms. The molecule has 1 aromatic rings. The molecule has 0 bridgehead atoms. The highest BCUT2D eigenvalue weighted by Crippen LogP contribution is 2.21. The fourth-order valence-corrected chi connectivity index (χ4v) is 2.85. The monoisotopic (exact) mass is 291 g/mol. The quantitative estimate of drug-likeness (QED) is 0.771. The molecule has 1 atom stereocenters. The molecule has 0 saturated carbocycles. The summed E-state index contributed by atoms with van der Waals surface area (Å²) < 4.78 is 0. The van der Waals surface area contributed by atoms with E-state index in [0.717, 1.165) is 37.6 Å². The maximum atomic E-state index is 4.44. The molecule has 5 heteroatoms. The lowest BCUT2D eigenvalue weighted by molar-refractivity contribution is 0.269. The van der Waals surface area contributed by atoms with Gasteiger partial charge in [0.15, 0.2) is 0 Å². The molecule has 118 valence electrons. The Bertz CT molecular complexity index is 429. The van der Waals surface area contributed by atoms with Crippen molar-refractivity contribution in [2.45, 2.75) is 52.5 Å². The van der Waals surface area contributed by atoms with E-state index in [0.29, 0.717) is 6.04 Å². The second kappa shape index (κ2) is 8.17. The van der Waals surface area contributed by atoms with E-state index >= 15 is 0 Å². The zero-order valence-corrected chi connectivity index (χ0v) is 13.7. The van der Waals surface area contributed by atoms with Crippen molar-refractivity contribution in [3.63, 3.8) is 0 Å². The molecular weight excluding hydrogens is 262 g/mol.